The molecule has 0 saturated heterocycles. The van der Waals surface area contributed by atoms with Crippen molar-refractivity contribution in [3.8, 4) is 17.6 Å². The van der Waals surface area contributed by atoms with E-state index < -0.39 is 0 Å². The highest BCUT2D eigenvalue weighted by Crippen LogP contribution is 2.24. The molecule has 0 spiro atoms. The summed E-state index contributed by atoms with van der Waals surface area (Å²) < 4.78 is 5.20. The zero-order valence-electron chi connectivity index (χ0n) is 9.14. The lowest BCUT2D eigenvalue weighted by Crippen LogP contribution is -1.88. The average molecular weight is 223 g/mol. The van der Waals surface area contributed by atoms with Crippen molar-refractivity contribution in [3.05, 3.63) is 28.8 Å². The topological polar surface area (TPSA) is 9.23 Å². The summed E-state index contributed by atoms with van der Waals surface area (Å²) in [5.41, 5.74) is 0.790. The van der Waals surface area contributed by atoms with Gasteiger partial charge >= 0.3 is 0 Å². The minimum atomic E-state index is 0.651. The van der Waals surface area contributed by atoms with Gasteiger partial charge in [0.1, 0.15) is 5.75 Å². The number of hydrogen-bond donors (Lipinski definition) is 0. The molecule has 1 aromatic rings. The molecule has 0 atom stereocenters. The number of ether oxygens (including phenoxy) is 1. The van der Waals surface area contributed by atoms with Gasteiger partial charge in [-0.3, -0.25) is 0 Å². The highest BCUT2D eigenvalue weighted by atomic mass is 35.5. The smallest absolute Gasteiger partial charge is 0.135 e. The van der Waals surface area contributed by atoms with Crippen molar-refractivity contribution in [1.82, 2.24) is 0 Å². The van der Waals surface area contributed by atoms with Crippen molar-refractivity contribution >= 4 is 11.6 Å². The van der Waals surface area contributed by atoms with Crippen LogP contribution in [0.4, 0.5) is 0 Å². The van der Waals surface area contributed by atoms with Gasteiger partial charge in [-0.2, -0.15) is 0 Å². The summed E-state index contributed by atoms with van der Waals surface area (Å²) in [6.07, 6.45) is 3.19. The van der Waals surface area contributed by atoms with E-state index in [2.05, 4.69) is 18.8 Å². The fourth-order valence-corrected chi connectivity index (χ4v) is 1.42. The van der Waals surface area contributed by atoms with E-state index in [-0.39, 0.29) is 0 Å². The summed E-state index contributed by atoms with van der Waals surface area (Å²) in [6.45, 7) is 2.15. The van der Waals surface area contributed by atoms with Crippen LogP contribution >= 0.6 is 11.6 Å². The zero-order valence-corrected chi connectivity index (χ0v) is 9.90. The quantitative estimate of drug-likeness (QED) is 0.557. The summed E-state index contributed by atoms with van der Waals surface area (Å²) in [7, 11) is 1.63. The van der Waals surface area contributed by atoms with Crippen LogP contribution in [0.25, 0.3) is 0 Å². The molecule has 80 valence electrons. The molecule has 1 aromatic carbocycles. The van der Waals surface area contributed by atoms with Crippen LogP contribution in [-0.4, -0.2) is 7.11 Å². The number of benzene rings is 1. The van der Waals surface area contributed by atoms with Crippen molar-refractivity contribution in [2.24, 2.45) is 0 Å². The maximum absolute atomic E-state index is 6.04. The summed E-state index contributed by atoms with van der Waals surface area (Å²) >= 11 is 6.04. The van der Waals surface area contributed by atoms with Gasteiger partial charge in [-0.15, -0.1) is 0 Å². The van der Waals surface area contributed by atoms with Crippen LogP contribution in [0.1, 0.15) is 31.7 Å². The van der Waals surface area contributed by atoms with Crippen LogP contribution in [0.15, 0.2) is 18.2 Å². The minimum absolute atomic E-state index is 0.651. The fraction of sp³-hybridized carbons (Fsp3) is 0.385. The lowest BCUT2D eigenvalue weighted by atomic mass is 10.2. The minimum Gasteiger partial charge on any atom is -0.495 e. The third kappa shape index (κ3) is 3.49. The van der Waals surface area contributed by atoms with E-state index in [4.69, 9.17) is 16.3 Å². The number of methoxy groups -OCH3 is 1. The molecular weight excluding hydrogens is 208 g/mol. The summed E-state index contributed by atoms with van der Waals surface area (Å²) in [5.74, 6) is 6.91. The van der Waals surface area contributed by atoms with Crippen LogP contribution < -0.4 is 4.74 Å². The largest absolute Gasteiger partial charge is 0.495 e. The van der Waals surface area contributed by atoms with E-state index in [9.17, 15) is 0 Å². The highest BCUT2D eigenvalue weighted by Gasteiger charge is 2.03. The van der Waals surface area contributed by atoms with E-state index in [0.717, 1.165) is 30.6 Å². The maximum Gasteiger partial charge on any atom is 0.135 e. The first-order chi connectivity index (χ1) is 7.29. The van der Waals surface area contributed by atoms with Gasteiger partial charge in [-0.25, -0.2) is 0 Å². The van der Waals surface area contributed by atoms with E-state index in [1.165, 1.54) is 0 Å². The monoisotopic (exact) mass is 222 g/mol. The Balaban J connectivity index is 2.85. The predicted octanol–water partition coefficient (Wildman–Crippen LogP) is 3.89. The molecule has 0 fully saturated rings. The third-order valence-electron chi connectivity index (χ3n) is 2.06. The zero-order chi connectivity index (χ0) is 11.1. The molecule has 0 saturated carbocycles. The van der Waals surface area contributed by atoms with Crippen molar-refractivity contribution < 1.29 is 4.74 Å². The van der Waals surface area contributed by atoms with Crippen LogP contribution in [0.3, 0.4) is 0 Å². The lowest BCUT2D eigenvalue weighted by Gasteiger charge is -2.03. The Morgan fingerprint density at radius 1 is 1.40 bits per heavy atom. The Morgan fingerprint density at radius 3 is 2.87 bits per heavy atom. The van der Waals surface area contributed by atoms with Gasteiger partial charge in [0, 0.05) is 6.42 Å². The van der Waals surface area contributed by atoms with Gasteiger partial charge < -0.3 is 4.74 Å². The molecule has 0 aliphatic heterocycles. The highest BCUT2D eigenvalue weighted by molar-refractivity contribution is 6.32. The molecule has 15 heavy (non-hydrogen) atoms. The molecular formula is C13H15ClO. The number of unbranched alkanes of at least 4 members (excludes halogenated alkanes) is 2. The standard InChI is InChI=1S/C13H15ClO/c1-3-4-5-6-8-11-12(14)9-7-10-13(11)15-2/h7,9-10H,3-5H2,1-2H3. The Kier molecular flexibility index (Phi) is 5.07. The Hall–Kier alpha value is -1.13. The van der Waals surface area contributed by atoms with Crippen LogP contribution in [0, 0.1) is 11.8 Å². The van der Waals surface area contributed by atoms with Gasteiger partial charge in [-0.05, 0) is 18.6 Å². The van der Waals surface area contributed by atoms with Crippen molar-refractivity contribution in [2.75, 3.05) is 7.11 Å². The Morgan fingerprint density at radius 2 is 2.20 bits per heavy atom. The second kappa shape index (κ2) is 6.37. The summed E-state index contributed by atoms with van der Waals surface area (Å²) in [5, 5.41) is 0.651. The van der Waals surface area contributed by atoms with Gasteiger partial charge in [0.15, 0.2) is 0 Å². The molecule has 0 unspecified atom stereocenters. The fourth-order valence-electron chi connectivity index (χ4n) is 1.21. The van der Waals surface area contributed by atoms with Crippen molar-refractivity contribution in [1.29, 1.82) is 0 Å². The second-order valence-corrected chi connectivity index (χ2v) is 3.63. The first-order valence-electron chi connectivity index (χ1n) is 5.11. The first-order valence-corrected chi connectivity index (χ1v) is 5.48. The molecule has 0 aliphatic carbocycles. The Labute approximate surface area is 96.4 Å². The van der Waals surface area contributed by atoms with E-state index in [1.54, 1.807) is 7.11 Å². The maximum atomic E-state index is 6.04. The van der Waals surface area contributed by atoms with Crippen LogP contribution in [0.2, 0.25) is 5.02 Å². The predicted molar refractivity (Wildman–Crippen MR) is 64.4 cm³/mol. The molecule has 0 aromatic heterocycles. The average Bonchev–Trinajstić information content (AvgIpc) is 2.26. The molecule has 1 rings (SSSR count). The molecule has 0 aliphatic rings. The van der Waals surface area contributed by atoms with Crippen LogP contribution in [-0.2, 0) is 0 Å². The molecule has 0 radical (unpaired) electrons. The van der Waals surface area contributed by atoms with E-state index >= 15 is 0 Å². The molecule has 1 nitrogen and oxygen atoms in total. The van der Waals surface area contributed by atoms with Gasteiger partial charge in [0.25, 0.3) is 0 Å². The van der Waals surface area contributed by atoms with Crippen LogP contribution in [0.5, 0.6) is 5.75 Å². The Bertz CT molecular complexity index is 374. The number of rotatable bonds is 3. The lowest BCUT2D eigenvalue weighted by molar-refractivity contribution is 0.413. The van der Waals surface area contributed by atoms with Gasteiger partial charge in [0.2, 0.25) is 0 Å². The summed E-state index contributed by atoms with van der Waals surface area (Å²) in [4.78, 5) is 0. The normalized spacial score (nSPS) is 9.27. The first kappa shape index (κ1) is 11.9. The number of halogens is 1. The van der Waals surface area contributed by atoms with Gasteiger partial charge in [0.05, 0.1) is 17.7 Å². The molecule has 0 bridgehead atoms. The summed E-state index contributed by atoms with van der Waals surface area (Å²) in [6, 6.07) is 5.56. The van der Waals surface area contributed by atoms with Crippen molar-refractivity contribution in [3.63, 3.8) is 0 Å². The number of hydrogen-bond acceptors (Lipinski definition) is 1. The molecule has 0 amide bonds. The van der Waals surface area contributed by atoms with Crippen molar-refractivity contribution in [2.45, 2.75) is 26.2 Å². The third-order valence-corrected chi connectivity index (χ3v) is 2.38. The van der Waals surface area contributed by atoms with Gasteiger partial charge in [-0.1, -0.05) is 42.9 Å². The van der Waals surface area contributed by atoms with E-state index in [0.29, 0.717) is 5.02 Å². The molecule has 2 heteroatoms. The molecule has 0 heterocycles. The SMILES string of the molecule is CCCCC#Cc1c(Cl)cccc1OC. The second-order valence-electron chi connectivity index (χ2n) is 3.22. The van der Waals surface area contributed by atoms with E-state index in [1.807, 2.05) is 18.2 Å². The molecule has 0 N–H and O–H groups in total.